The lowest BCUT2D eigenvalue weighted by molar-refractivity contribution is -0.302. The van der Waals surface area contributed by atoms with Crippen LogP contribution in [0.2, 0.25) is 0 Å². The van der Waals surface area contributed by atoms with E-state index in [0.29, 0.717) is 6.42 Å². The van der Waals surface area contributed by atoms with E-state index in [0.717, 1.165) is 77.0 Å². The smallest absolute Gasteiger partial charge is 0.220 e. The molecule has 0 saturated carbocycles. The van der Waals surface area contributed by atoms with Crippen LogP contribution in [-0.2, 0) is 14.3 Å². The number of aliphatic hydroxyl groups is 5. The van der Waals surface area contributed by atoms with E-state index in [-0.39, 0.29) is 12.5 Å². The highest BCUT2D eigenvalue weighted by Crippen LogP contribution is 2.23. The Morgan fingerprint density at radius 1 is 0.603 bits per heavy atom. The number of rotatable bonds is 39. The molecule has 338 valence electrons. The van der Waals surface area contributed by atoms with Crippen LogP contribution < -0.4 is 5.32 Å². The van der Waals surface area contributed by atoms with Crippen LogP contribution in [0.3, 0.4) is 0 Å². The fourth-order valence-electron chi connectivity index (χ4n) is 7.35. The van der Waals surface area contributed by atoms with E-state index in [9.17, 15) is 30.3 Å². The van der Waals surface area contributed by atoms with E-state index in [2.05, 4.69) is 55.6 Å². The quantitative estimate of drug-likeness (QED) is 0.0265. The lowest BCUT2D eigenvalue weighted by Gasteiger charge is -2.40. The maximum absolute atomic E-state index is 13.0. The number of aliphatic hydroxyl groups excluding tert-OH is 5. The molecule has 58 heavy (non-hydrogen) atoms. The number of carbonyl (C=O) groups is 1. The lowest BCUT2D eigenvalue weighted by atomic mass is 9.99. The van der Waals surface area contributed by atoms with Gasteiger partial charge in [-0.2, -0.15) is 0 Å². The first-order valence-corrected chi connectivity index (χ1v) is 23.9. The summed E-state index contributed by atoms with van der Waals surface area (Å²) in [5.74, 6) is -0.195. The first kappa shape index (κ1) is 54.2. The van der Waals surface area contributed by atoms with E-state index in [1.165, 1.54) is 103 Å². The van der Waals surface area contributed by atoms with E-state index in [1.807, 2.05) is 6.08 Å². The second-order valence-electron chi connectivity index (χ2n) is 16.5. The van der Waals surface area contributed by atoms with Crippen molar-refractivity contribution in [2.24, 2.45) is 0 Å². The molecule has 9 heteroatoms. The zero-order valence-corrected chi connectivity index (χ0v) is 37.0. The second kappa shape index (κ2) is 39.3. The second-order valence-corrected chi connectivity index (χ2v) is 16.5. The minimum absolute atomic E-state index is 0.195. The SMILES string of the molecule is CC/C=C\C/C=C\C/C=C\CCCCCCCC(=O)NC(COC1OC(CO)C(O)C(O)C1O)C(O)/C=C/CCCCCCCCCCCCCCCCCCCC. The third kappa shape index (κ3) is 29.4. The minimum atomic E-state index is -1.57. The molecular formula is C49H89NO8. The average Bonchev–Trinajstić information content (AvgIpc) is 3.22. The predicted octanol–water partition coefficient (Wildman–Crippen LogP) is 10.2. The van der Waals surface area contributed by atoms with Gasteiger partial charge in [0.05, 0.1) is 25.4 Å². The highest BCUT2D eigenvalue weighted by atomic mass is 16.7. The summed E-state index contributed by atoms with van der Waals surface area (Å²) in [7, 11) is 0. The third-order valence-electron chi connectivity index (χ3n) is 11.2. The Balaban J connectivity index is 2.34. The van der Waals surface area contributed by atoms with Gasteiger partial charge in [-0.25, -0.2) is 0 Å². The molecule has 7 atom stereocenters. The van der Waals surface area contributed by atoms with Crippen molar-refractivity contribution in [1.29, 1.82) is 0 Å². The molecule has 0 aliphatic carbocycles. The molecule has 0 aromatic carbocycles. The van der Waals surface area contributed by atoms with E-state index >= 15 is 0 Å². The first-order chi connectivity index (χ1) is 28.3. The molecule has 1 amide bonds. The number of amides is 1. The van der Waals surface area contributed by atoms with Gasteiger partial charge in [0.15, 0.2) is 6.29 Å². The van der Waals surface area contributed by atoms with Gasteiger partial charge in [0, 0.05) is 6.42 Å². The molecule has 0 bridgehead atoms. The Morgan fingerprint density at radius 2 is 1.07 bits per heavy atom. The van der Waals surface area contributed by atoms with E-state index in [4.69, 9.17) is 9.47 Å². The summed E-state index contributed by atoms with van der Waals surface area (Å²) in [4.78, 5) is 13.0. The van der Waals surface area contributed by atoms with Crippen molar-refractivity contribution in [2.75, 3.05) is 13.2 Å². The van der Waals surface area contributed by atoms with E-state index in [1.54, 1.807) is 6.08 Å². The summed E-state index contributed by atoms with van der Waals surface area (Å²) >= 11 is 0. The Labute approximate surface area is 354 Å². The van der Waals surface area contributed by atoms with Gasteiger partial charge in [0.1, 0.15) is 24.4 Å². The number of hydrogen-bond donors (Lipinski definition) is 6. The number of ether oxygens (including phenoxy) is 2. The van der Waals surface area contributed by atoms with Gasteiger partial charge in [-0.1, -0.05) is 191 Å². The maximum atomic E-state index is 13.0. The molecule has 6 N–H and O–H groups in total. The monoisotopic (exact) mass is 820 g/mol. The van der Waals surface area contributed by atoms with Crippen LogP contribution >= 0.6 is 0 Å². The molecule has 1 aliphatic heterocycles. The number of nitrogens with one attached hydrogen (secondary N) is 1. The van der Waals surface area contributed by atoms with Crippen molar-refractivity contribution in [3.8, 4) is 0 Å². The van der Waals surface area contributed by atoms with Crippen LogP contribution in [0.15, 0.2) is 48.6 Å². The van der Waals surface area contributed by atoms with Gasteiger partial charge in [0.25, 0.3) is 0 Å². The molecule has 1 heterocycles. The van der Waals surface area contributed by atoms with Crippen LogP contribution in [-0.4, -0.2) is 87.5 Å². The van der Waals surface area contributed by atoms with Crippen molar-refractivity contribution in [3.63, 3.8) is 0 Å². The molecule has 0 aromatic heterocycles. The van der Waals surface area contributed by atoms with Gasteiger partial charge in [-0.3, -0.25) is 4.79 Å². The fraction of sp³-hybridized carbons (Fsp3) is 0.816. The Morgan fingerprint density at radius 3 is 1.59 bits per heavy atom. The Bertz CT molecular complexity index is 1050. The average molecular weight is 820 g/mol. The molecule has 7 unspecified atom stereocenters. The number of unbranched alkanes of at least 4 members (excludes halogenated alkanes) is 23. The summed E-state index contributed by atoms with van der Waals surface area (Å²) in [5, 5.41) is 54.2. The van der Waals surface area contributed by atoms with Crippen molar-refractivity contribution in [3.05, 3.63) is 48.6 Å². The zero-order chi connectivity index (χ0) is 42.3. The molecule has 1 aliphatic rings. The normalized spacial score (nSPS) is 21.3. The molecule has 1 saturated heterocycles. The van der Waals surface area contributed by atoms with Gasteiger partial charge in [-0.05, 0) is 51.4 Å². The Hall–Kier alpha value is -1.85. The van der Waals surface area contributed by atoms with Crippen molar-refractivity contribution < 1.29 is 39.8 Å². The summed E-state index contributed by atoms with van der Waals surface area (Å²) in [6, 6.07) is -0.814. The summed E-state index contributed by atoms with van der Waals surface area (Å²) < 4.78 is 11.2. The maximum Gasteiger partial charge on any atom is 0.220 e. The predicted molar refractivity (Wildman–Crippen MR) is 239 cm³/mol. The minimum Gasteiger partial charge on any atom is -0.394 e. The van der Waals surface area contributed by atoms with Gasteiger partial charge < -0.3 is 40.3 Å². The Kier molecular flexibility index (Phi) is 36.7. The standard InChI is InChI=1S/C49H89NO8/c1-3-5-7-9-11-13-15-17-19-20-21-22-23-25-26-28-30-32-34-36-38-43(52)42(41-57-49-48(56)47(55)46(54)44(40-51)58-49)50-45(53)39-37-35-33-31-29-27-24-18-16-14-12-10-8-6-4-2/h6,8,12,14,18,24,36,38,42-44,46-49,51-52,54-56H,3-5,7,9-11,13,15-17,19-23,25-35,37,39-41H2,1-2H3,(H,50,53)/b8-6-,14-12-,24-18-,38-36+. The molecule has 0 aromatic rings. The molecule has 9 nitrogen and oxygen atoms in total. The van der Waals surface area contributed by atoms with Crippen LogP contribution in [0.25, 0.3) is 0 Å². The summed E-state index contributed by atoms with van der Waals surface area (Å²) in [6.45, 7) is 3.65. The van der Waals surface area contributed by atoms with Crippen LogP contribution in [0, 0.1) is 0 Å². The van der Waals surface area contributed by atoms with Crippen LogP contribution in [0.1, 0.15) is 200 Å². The van der Waals surface area contributed by atoms with Gasteiger partial charge in [-0.15, -0.1) is 0 Å². The van der Waals surface area contributed by atoms with Crippen molar-refractivity contribution in [1.82, 2.24) is 5.32 Å². The van der Waals surface area contributed by atoms with Crippen molar-refractivity contribution >= 4 is 5.91 Å². The van der Waals surface area contributed by atoms with E-state index < -0.39 is 49.5 Å². The van der Waals surface area contributed by atoms with Crippen LogP contribution in [0.4, 0.5) is 0 Å². The van der Waals surface area contributed by atoms with Crippen molar-refractivity contribution in [2.45, 2.75) is 243 Å². The number of carbonyl (C=O) groups excluding carboxylic acids is 1. The summed E-state index contributed by atoms with van der Waals surface area (Å²) in [6.07, 6.45) is 43.0. The largest absolute Gasteiger partial charge is 0.394 e. The molecular weight excluding hydrogens is 731 g/mol. The zero-order valence-electron chi connectivity index (χ0n) is 37.0. The molecule has 0 radical (unpaired) electrons. The lowest BCUT2D eigenvalue weighted by Crippen LogP contribution is -2.60. The molecule has 0 spiro atoms. The van der Waals surface area contributed by atoms with Gasteiger partial charge >= 0.3 is 0 Å². The van der Waals surface area contributed by atoms with Crippen LogP contribution in [0.5, 0.6) is 0 Å². The third-order valence-corrected chi connectivity index (χ3v) is 11.2. The topological polar surface area (TPSA) is 149 Å². The fourth-order valence-corrected chi connectivity index (χ4v) is 7.35. The first-order valence-electron chi connectivity index (χ1n) is 23.9. The molecule has 1 fully saturated rings. The highest BCUT2D eigenvalue weighted by molar-refractivity contribution is 5.76. The summed E-state index contributed by atoms with van der Waals surface area (Å²) in [5.41, 5.74) is 0. The highest BCUT2D eigenvalue weighted by Gasteiger charge is 2.44. The van der Waals surface area contributed by atoms with Gasteiger partial charge in [0.2, 0.25) is 5.91 Å². The molecule has 1 rings (SSSR count). The number of hydrogen-bond acceptors (Lipinski definition) is 8. The number of allylic oxidation sites excluding steroid dienone is 7.